The summed E-state index contributed by atoms with van der Waals surface area (Å²) in [6.07, 6.45) is 26.8. The van der Waals surface area contributed by atoms with Crippen LogP contribution in [0.4, 0.5) is 0 Å². The molecule has 58 heavy (non-hydrogen) atoms. The maximum Gasteiger partial charge on any atom is 0.305 e. The second kappa shape index (κ2) is 39.8. The molecule has 0 aromatic heterocycles. The molecule has 0 rings (SSSR count). The molecule has 340 valence electrons. The average molecular weight is 825 g/mol. The highest BCUT2D eigenvalue weighted by Crippen LogP contribution is 2.23. The van der Waals surface area contributed by atoms with Crippen LogP contribution in [-0.4, -0.2) is 60.9 Å². The van der Waals surface area contributed by atoms with Crippen LogP contribution >= 0.6 is 0 Å². The Bertz CT molecular complexity index is 1030. The van der Waals surface area contributed by atoms with Crippen molar-refractivity contribution in [2.45, 2.75) is 271 Å². The van der Waals surface area contributed by atoms with E-state index in [1.54, 1.807) is 27.7 Å². The van der Waals surface area contributed by atoms with Crippen LogP contribution in [0, 0.1) is 0 Å². The number of hydrogen-bond acceptors (Lipinski definition) is 10. The van der Waals surface area contributed by atoms with Gasteiger partial charge < -0.3 is 23.7 Å². The molecule has 10 nitrogen and oxygen atoms in total. The number of carbonyl (C=O) groups is 5. The first-order valence-corrected chi connectivity index (χ1v) is 24.1. The summed E-state index contributed by atoms with van der Waals surface area (Å²) in [5.74, 6) is -1.16. The van der Waals surface area contributed by atoms with Crippen molar-refractivity contribution in [3.05, 3.63) is 0 Å². The van der Waals surface area contributed by atoms with E-state index < -0.39 is 24.4 Å². The van der Waals surface area contributed by atoms with Crippen molar-refractivity contribution in [3.63, 3.8) is 0 Å². The minimum Gasteiger partial charge on any atom is -0.466 e. The Morgan fingerprint density at radius 3 is 0.862 bits per heavy atom. The van der Waals surface area contributed by atoms with E-state index in [4.69, 9.17) is 23.7 Å². The smallest absolute Gasteiger partial charge is 0.305 e. The highest BCUT2D eigenvalue weighted by molar-refractivity contribution is 5.71. The lowest BCUT2D eigenvalue weighted by molar-refractivity contribution is -0.169. The molecule has 0 aliphatic rings. The van der Waals surface area contributed by atoms with Crippen LogP contribution in [0.2, 0.25) is 0 Å². The fraction of sp³-hybridized carbons (Fsp3) is 0.896. The zero-order valence-corrected chi connectivity index (χ0v) is 38.2. The first-order valence-electron chi connectivity index (χ1n) is 24.1. The van der Waals surface area contributed by atoms with Crippen LogP contribution in [0.15, 0.2) is 0 Å². The lowest BCUT2D eigenvalue weighted by Crippen LogP contribution is -2.35. The monoisotopic (exact) mass is 825 g/mol. The van der Waals surface area contributed by atoms with E-state index >= 15 is 0 Å². The fourth-order valence-electron chi connectivity index (χ4n) is 7.10. The molecular weight excluding hydrogens is 737 g/mol. The van der Waals surface area contributed by atoms with Crippen LogP contribution < -0.4 is 0 Å². The van der Waals surface area contributed by atoms with Crippen LogP contribution in [0.25, 0.3) is 0 Å². The maximum atomic E-state index is 12.3. The Hall–Kier alpha value is -2.65. The van der Waals surface area contributed by atoms with Gasteiger partial charge in [-0.2, -0.15) is 0 Å². The molecule has 10 heteroatoms. The normalized spacial score (nSPS) is 13.3. The summed E-state index contributed by atoms with van der Waals surface area (Å²) < 4.78 is 28.7. The number of rotatable bonds is 41. The number of ether oxygens (including phenoxy) is 5. The summed E-state index contributed by atoms with van der Waals surface area (Å²) in [5, 5.41) is 0. The third-order valence-corrected chi connectivity index (χ3v) is 10.8. The molecule has 4 unspecified atom stereocenters. The topological polar surface area (TPSA) is 132 Å². The van der Waals surface area contributed by atoms with Crippen molar-refractivity contribution < 1.29 is 47.7 Å². The molecule has 0 fully saturated rings. The summed E-state index contributed by atoms with van der Waals surface area (Å²) >= 11 is 0. The SMILES string of the molecule is CCCCCCCCC(OC(=O)CC)C(CCCCCCCCOC(=O)CCCCCCCC(OC(=O)CC)C(CCCCCCCC)OC(=O)CC)OC(=O)CC. The molecule has 0 amide bonds. The van der Waals surface area contributed by atoms with Gasteiger partial charge in [0.1, 0.15) is 24.4 Å². The second-order valence-electron chi connectivity index (χ2n) is 16.1. The predicted octanol–water partition coefficient (Wildman–Crippen LogP) is 12.8. The molecule has 0 radical (unpaired) electrons. The highest BCUT2D eigenvalue weighted by atomic mass is 16.6. The van der Waals surface area contributed by atoms with E-state index in [1.165, 1.54) is 51.4 Å². The van der Waals surface area contributed by atoms with Crippen LogP contribution in [0.5, 0.6) is 0 Å². The van der Waals surface area contributed by atoms with Gasteiger partial charge in [0.2, 0.25) is 0 Å². The average Bonchev–Trinajstić information content (AvgIpc) is 3.22. The third-order valence-electron chi connectivity index (χ3n) is 10.8. The fourth-order valence-corrected chi connectivity index (χ4v) is 7.10. The van der Waals surface area contributed by atoms with Crippen molar-refractivity contribution in [2.24, 2.45) is 0 Å². The van der Waals surface area contributed by atoms with E-state index in [-0.39, 0.29) is 29.8 Å². The second-order valence-corrected chi connectivity index (χ2v) is 16.1. The van der Waals surface area contributed by atoms with Crippen molar-refractivity contribution in [1.29, 1.82) is 0 Å². The van der Waals surface area contributed by atoms with Gasteiger partial charge in [0, 0.05) is 32.1 Å². The Labute approximate surface area is 354 Å². The highest BCUT2D eigenvalue weighted by Gasteiger charge is 2.29. The molecule has 0 aliphatic heterocycles. The third kappa shape index (κ3) is 32.2. The predicted molar refractivity (Wildman–Crippen MR) is 232 cm³/mol. The van der Waals surface area contributed by atoms with Crippen LogP contribution in [0.1, 0.15) is 247 Å². The summed E-state index contributed by atoms with van der Waals surface area (Å²) in [4.78, 5) is 61.3. The zero-order valence-electron chi connectivity index (χ0n) is 38.2. The van der Waals surface area contributed by atoms with Gasteiger partial charge in [-0.25, -0.2) is 0 Å². The molecule has 0 saturated heterocycles. The van der Waals surface area contributed by atoms with Gasteiger partial charge in [-0.15, -0.1) is 0 Å². The van der Waals surface area contributed by atoms with E-state index in [2.05, 4.69) is 13.8 Å². The van der Waals surface area contributed by atoms with Crippen LogP contribution in [0.3, 0.4) is 0 Å². The van der Waals surface area contributed by atoms with Crippen molar-refractivity contribution in [3.8, 4) is 0 Å². The summed E-state index contributed by atoms with van der Waals surface area (Å²) in [6, 6.07) is 0. The Morgan fingerprint density at radius 2 is 0.569 bits per heavy atom. The minimum atomic E-state index is -0.422. The Kier molecular flexibility index (Phi) is 38.0. The molecule has 0 aliphatic carbocycles. The van der Waals surface area contributed by atoms with Crippen molar-refractivity contribution in [1.82, 2.24) is 0 Å². The van der Waals surface area contributed by atoms with Gasteiger partial charge in [-0.05, 0) is 64.2 Å². The lowest BCUT2D eigenvalue weighted by Gasteiger charge is -2.27. The lowest BCUT2D eigenvalue weighted by atomic mass is 9.99. The van der Waals surface area contributed by atoms with Crippen molar-refractivity contribution >= 4 is 29.8 Å². The van der Waals surface area contributed by atoms with Crippen molar-refractivity contribution in [2.75, 3.05) is 6.61 Å². The first-order chi connectivity index (χ1) is 28.1. The number of carbonyl (C=O) groups excluding carboxylic acids is 5. The summed E-state index contributed by atoms with van der Waals surface area (Å²) in [6.45, 7) is 12.0. The van der Waals surface area contributed by atoms with E-state index in [0.717, 1.165) is 103 Å². The van der Waals surface area contributed by atoms with Crippen LogP contribution in [-0.2, 0) is 47.7 Å². The standard InChI is InChI=1S/C48H88O10/c1-7-13-15-17-22-28-34-40(55-44(49)9-3)42(57-46(51)11-5)36-30-24-19-20-27-33-39-54-48(53)38-32-26-21-25-31-37-43(58-47(52)12-6)41(56-45(50)10-4)35-29-23-18-16-14-8-2/h40-43H,7-39H2,1-6H3. The number of unbranched alkanes of at least 4 members (excludes halogenated alkanes) is 19. The summed E-state index contributed by atoms with van der Waals surface area (Å²) in [7, 11) is 0. The summed E-state index contributed by atoms with van der Waals surface area (Å²) in [5.41, 5.74) is 0. The molecule has 0 bridgehead atoms. The molecule has 0 saturated carbocycles. The van der Waals surface area contributed by atoms with Gasteiger partial charge in [-0.1, -0.05) is 151 Å². The first kappa shape index (κ1) is 55.4. The molecule has 0 spiro atoms. The van der Waals surface area contributed by atoms with E-state index in [0.29, 0.717) is 58.0 Å². The molecule has 4 atom stereocenters. The number of hydrogen-bond donors (Lipinski definition) is 0. The molecule has 0 N–H and O–H groups in total. The van der Waals surface area contributed by atoms with Gasteiger partial charge in [0.05, 0.1) is 6.61 Å². The largest absolute Gasteiger partial charge is 0.466 e. The molecule has 0 aromatic rings. The Morgan fingerprint density at radius 1 is 0.310 bits per heavy atom. The molecule has 0 heterocycles. The number of esters is 5. The quantitative estimate of drug-likeness (QED) is 0.0333. The van der Waals surface area contributed by atoms with Gasteiger partial charge in [-0.3, -0.25) is 24.0 Å². The Balaban J connectivity index is 4.43. The van der Waals surface area contributed by atoms with E-state index in [9.17, 15) is 24.0 Å². The molecule has 0 aromatic carbocycles. The van der Waals surface area contributed by atoms with Gasteiger partial charge in [0.25, 0.3) is 0 Å². The maximum absolute atomic E-state index is 12.3. The van der Waals surface area contributed by atoms with E-state index in [1.807, 2.05) is 0 Å². The molecular formula is C48H88O10. The zero-order chi connectivity index (χ0) is 43.1. The van der Waals surface area contributed by atoms with Gasteiger partial charge >= 0.3 is 29.8 Å². The van der Waals surface area contributed by atoms with Gasteiger partial charge in [0.15, 0.2) is 0 Å². The minimum absolute atomic E-state index is 0.145.